The molecular formula is C16H14N4Na2O9S2. The quantitative estimate of drug-likeness (QED) is 0.206. The predicted molar refractivity (Wildman–Crippen MR) is 117 cm³/mol. The Kier molecular flexibility index (Phi) is 9.95. The summed E-state index contributed by atoms with van der Waals surface area (Å²) < 4.78 is 63.1. The third-order valence-corrected chi connectivity index (χ3v) is 5.55. The normalized spacial score (nSPS) is 11.6. The van der Waals surface area contributed by atoms with Crippen molar-refractivity contribution in [2.24, 2.45) is 10.2 Å². The molecule has 0 aliphatic carbocycles. The first-order valence-electron chi connectivity index (χ1n) is 8.00. The average Bonchev–Trinajstić information content (AvgIpc) is 3.02. The summed E-state index contributed by atoms with van der Waals surface area (Å²) in [5.74, 6) is -2.27. The van der Waals surface area contributed by atoms with Crippen molar-refractivity contribution < 1.29 is 40.9 Å². The van der Waals surface area contributed by atoms with Crippen LogP contribution < -0.4 is 0 Å². The Morgan fingerprint density at radius 3 is 1.70 bits per heavy atom. The summed E-state index contributed by atoms with van der Waals surface area (Å²) in [5.41, 5.74) is -1.06. The van der Waals surface area contributed by atoms with Gasteiger partial charge in [0, 0.05) is 0 Å². The second kappa shape index (κ2) is 11.2. The summed E-state index contributed by atoms with van der Waals surface area (Å²) >= 11 is 0. The number of hydrogen-bond donors (Lipinski definition) is 4. The van der Waals surface area contributed by atoms with Crippen molar-refractivity contribution in [2.75, 3.05) is 0 Å². The van der Waals surface area contributed by atoms with Gasteiger partial charge in [-0.15, -0.1) is 5.11 Å². The van der Waals surface area contributed by atoms with E-state index in [1.807, 2.05) is 0 Å². The molecule has 3 aromatic rings. The summed E-state index contributed by atoms with van der Waals surface area (Å²) in [7, 11) is -8.86. The molecule has 166 valence electrons. The second-order valence-electron chi connectivity index (χ2n) is 5.88. The van der Waals surface area contributed by atoms with Crippen LogP contribution in [0.4, 0.5) is 11.4 Å². The van der Waals surface area contributed by atoms with Crippen molar-refractivity contribution in [1.82, 2.24) is 9.78 Å². The molecular weight excluding hydrogens is 502 g/mol. The molecule has 0 aliphatic rings. The first-order valence-corrected chi connectivity index (χ1v) is 10.9. The summed E-state index contributed by atoms with van der Waals surface area (Å²) in [6.07, 6.45) is 0. The topological polar surface area (TPSA) is 209 Å². The molecule has 4 N–H and O–H groups in total. The van der Waals surface area contributed by atoms with E-state index in [4.69, 9.17) is 9.11 Å². The van der Waals surface area contributed by atoms with Crippen molar-refractivity contribution in [3.05, 3.63) is 54.2 Å². The van der Waals surface area contributed by atoms with Crippen molar-refractivity contribution in [1.29, 1.82) is 0 Å². The van der Waals surface area contributed by atoms with E-state index in [9.17, 15) is 31.8 Å². The zero-order chi connectivity index (χ0) is 23.0. The molecule has 0 saturated carbocycles. The van der Waals surface area contributed by atoms with Gasteiger partial charge in [0.05, 0.1) is 21.2 Å². The van der Waals surface area contributed by atoms with Crippen LogP contribution in [0.1, 0.15) is 10.5 Å². The van der Waals surface area contributed by atoms with Crippen LogP contribution in [0.15, 0.2) is 68.6 Å². The Labute approximate surface area is 231 Å². The Hall–Kier alpha value is -1.66. The van der Waals surface area contributed by atoms with Crippen molar-refractivity contribution >= 4 is 96.7 Å². The SMILES string of the molecule is O=C(O)c1nn(-c2ccc(S(=O)(=O)O)cc2)c(O)c1N=Nc1ccc(S(=O)(=O)O)cc1.[NaH].[NaH]. The van der Waals surface area contributed by atoms with Gasteiger partial charge in [-0.25, -0.2) is 4.79 Å². The summed E-state index contributed by atoms with van der Waals surface area (Å²) in [4.78, 5) is 10.7. The number of hydrogen-bond acceptors (Lipinski definition) is 9. The number of carboxylic acids is 1. The van der Waals surface area contributed by atoms with E-state index < -0.39 is 48.4 Å². The fourth-order valence-corrected chi connectivity index (χ4v) is 3.33. The second-order valence-corrected chi connectivity index (χ2v) is 8.72. The first kappa shape index (κ1) is 29.4. The summed E-state index contributed by atoms with van der Waals surface area (Å²) in [6, 6.07) is 8.82. The first-order chi connectivity index (χ1) is 14.4. The molecule has 3 rings (SSSR count). The number of aromatic nitrogens is 2. The van der Waals surface area contributed by atoms with Gasteiger partial charge in [0.15, 0.2) is 5.69 Å². The minimum atomic E-state index is -4.45. The van der Waals surface area contributed by atoms with Gasteiger partial charge in [-0.1, -0.05) is 0 Å². The Morgan fingerprint density at radius 1 is 0.818 bits per heavy atom. The van der Waals surface area contributed by atoms with Crippen LogP contribution in [-0.4, -0.2) is 111 Å². The molecule has 0 atom stereocenters. The third kappa shape index (κ3) is 6.92. The molecule has 0 fully saturated rings. The molecule has 1 aromatic heterocycles. The van der Waals surface area contributed by atoms with E-state index in [-0.39, 0.29) is 75.4 Å². The fourth-order valence-electron chi connectivity index (χ4n) is 2.37. The van der Waals surface area contributed by atoms with Gasteiger partial charge in [-0.05, 0) is 48.5 Å². The van der Waals surface area contributed by atoms with Crippen LogP contribution in [0, 0.1) is 0 Å². The molecule has 33 heavy (non-hydrogen) atoms. The average molecular weight is 516 g/mol. The molecule has 0 spiro atoms. The molecule has 0 amide bonds. The fraction of sp³-hybridized carbons (Fsp3) is 0. The molecule has 0 radical (unpaired) electrons. The zero-order valence-corrected chi connectivity index (χ0v) is 16.7. The monoisotopic (exact) mass is 516 g/mol. The minimum absolute atomic E-state index is 0. The molecule has 1 heterocycles. The number of benzene rings is 2. The van der Waals surface area contributed by atoms with Gasteiger partial charge < -0.3 is 10.2 Å². The molecule has 0 aliphatic heterocycles. The van der Waals surface area contributed by atoms with E-state index in [0.717, 1.165) is 41.1 Å². The van der Waals surface area contributed by atoms with Gasteiger partial charge in [-0.2, -0.15) is 31.7 Å². The third-order valence-electron chi connectivity index (χ3n) is 3.82. The van der Waals surface area contributed by atoms with E-state index in [1.165, 1.54) is 12.1 Å². The molecule has 0 saturated heterocycles. The maximum absolute atomic E-state index is 11.5. The Morgan fingerprint density at radius 2 is 1.27 bits per heavy atom. The molecule has 17 heteroatoms. The van der Waals surface area contributed by atoms with Gasteiger partial charge in [0.2, 0.25) is 11.6 Å². The van der Waals surface area contributed by atoms with E-state index in [1.54, 1.807) is 0 Å². The number of carbonyl (C=O) groups is 1. The van der Waals surface area contributed by atoms with Crippen molar-refractivity contribution in [3.63, 3.8) is 0 Å². The number of azo groups is 1. The number of aromatic carboxylic acids is 1. The Bertz CT molecular complexity index is 1400. The Balaban J connectivity index is 0.00000272. The van der Waals surface area contributed by atoms with Gasteiger partial charge in [0.1, 0.15) is 0 Å². The molecule has 0 bridgehead atoms. The molecule has 13 nitrogen and oxygen atoms in total. The van der Waals surface area contributed by atoms with Crippen LogP contribution >= 0.6 is 0 Å². The van der Waals surface area contributed by atoms with Crippen LogP contribution in [0.25, 0.3) is 5.69 Å². The van der Waals surface area contributed by atoms with Crippen molar-refractivity contribution in [3.8, 4) is 11.6 Å². The molecule has 0 unspecified atom stereocenters. The van der Waals surface area contributed by atoms with Crippen LogP contribution in [0.3, 0.4) is 0 Å². The van der Waals surface area contributed by atoms with Crippen LogP contribution in [0.2, 0.25) is 0 Å². The van der Waals surface area contributed by atoms with Crippen LogP contribution in [-0.2, 0) is 20.2 Å². The van der Waals surface area contributed by atoms with Gasteiger partial charge >= 0.3 is 65.1 Å². The molecule has 2 aromatic carbocycles. The number of nitrogens with zero attached hydrogens (tertiary/aromatic N) is 4. The number of carboxylic acid groups (broad SMARTS) is 1. The van der Waals surface area contributed by atoms with Crippen molar-refractivity contribution in [2.45, 2.75) is 9.79 Å². The van der Waals surface area contributed by atoms with Crippen LogP contribution in [0.5, 0.6) is 5.88 Å². The zero-order valence-electron chi connectivity index (χ0n) is 15.1. The van der Waals surface area contributed by atoms with E-state index >= 15 is 0 Å². The number of aromatic hydroxyl groups is 1. The maximum atomic E-state index is 11.5. The predicted octanol–water partition coefficient (Wildman–Crippen LogP) is 0.888. The number of rotatable bonds is 6. The van der Waals surface area contributed by atoms with Gasteiger partial charge in [0.25, 0.3) is 20.2 Å². The summed E-state index contributed by atoms with van der Waals surface area (Å²) in [6.45, 7) is 0. The van der Waals surface area contributed by atoms with E-state index in [0.29, 0.717) is 0 Å². The van der Waals surface area contributed by atoms with E-state index in [2.05, 4.69) is 15.3 Å². The summed E-state index contributed by atoms with van der Waals surface area (Å²) in [5, 5.41) is 30.8. The van der Waals surface area contributed by atoms with Gasteiger partial charge in [-0.3, -0.25) is 9.11 Å². The standard InChI is InChI=1S/C16H12N4O9S2.2Na.2H/c21-15-13(18-17-9-1-5-11(6-2-9)30(24,25)26)14(16(22)23)19-20(15)10-3-7-12(8-4-10)31(27,28)29;;;;/h1-8,21H,(H,22,23)(H,24,25,26)(H,27,28,29);;;;.